The van der Waals surface area contributed by atoms with Gasteiger partial charge < -0.3 is 15.0 Å². The minimum atomic E-state index is -4.77. The van der Waals surface area contributed by atoms with Crippen molar-refractivity contribution in [3.8, 4) is 16.9 Å². The van der Waals surface area contributed by atoms with E-state index in [-0.39, 0.29) is 22.4 Å². The van der Waals surface area contributed by atoms with Gasteiger partial charge in [-0.2, -0.15) is 13.2 Å². The molecule has 1 aromatic heterocycles. The monoisotopic (exact) mass is 558 g/mol. The van der Waals surface area contributed by atoms with Crippen LogP contribution in [-0.4, -0.2) is 11.7 Å². The average molecular weight is 559 g/mol. The summed E-state index contributed by atoms with van der Waals surface area (Å²) in [7, 11) is 1.44. The highest BCUT2D eigenvalue weighted by Gasteiger charge is 2.35. The van der Waals surface area contributed by atoms with Gasteiger partial charge in [-0.15, -0.1) is 0 Å². The van der Waals surface area contributed by atoms with Crippen molar-refractivity contribution in [2.45, 2.75) is 39.0 Å². The Morgan fingerprint density at radius 3 is 2.26 bits per heavy atom. The van der Waals surface area contributed by atoms with Crippen LogP contribution in [0.3, 0.4) is 0 Å². The number of pyridine rings is 1. The summed E-state index contributed by atoms with van der Waals surface area (Å²) in [5.74, 6) is -0.665. The molecule has 0 saturated carbocycles. The van der Waals surface area contributed by atoms with Crippen LogP contribution in [0, 0.1) is 19.7 Å². The number of ether oxygens (including phenoxy) is 1. The molecular formula is C30H27ClF4N2O2. The Balaban J connectivity index is 1.99. The van der Waals surface area contributed by atoms with Crippen LogP contribution < -0.4 is 15.9 Å². The molecular weight excluding hydrogens is 532 g/mol. The number of hydrogen-bond acceptors (Lipinski definition) is 3. The number of aromatic nitrogens is 1. The molecule has 0 spiro atoms. The number of rotatable bonds is 7. The lowest BCUT2D eigenvalue weighted by atomic mass is 9.93. The van der Waals surface area contributed by atoms with Crippen molar-refractivity contribution in [1.29, 1.82) is 0 Å². The lowest BCUT2D eigenvalue weighted by Gasteiger charge is -2.24. The molecule has 2 N–H and O–H groups in total. The van der Waals surface area contributed by atoms with E-state index in [1.165, 1.54) is 11.7 Å². The van der Waals surface area contributed by atoms with E-state index in [1.807, 2.05) is 30.3 Å². The molecule has 0 saturated heterocycles. The van der Waals surface area contributed by atoms with Gasteiger partial charge in [-0.1, -0.05) is 60.1 Å². The fraction of sp³-hybridized carbons (Fsp3) is 0.233. The van der Waals surface area contributed by atoms with E-state index in [9.17, 15) is 22.4 Å². The van der Waals surface area contributed by atoms with Crippen LogP contribution >= 0.6 is 11.6 Å². The Kier molecular flexibility index (Phi) is 8.18. The quantitative estimate of drug-likeness (QED) is 0.243. The van der Waals surface area contributed by atoms with Gasteiger partial charge in [0.05, 0.1) is 29.8 Å². The van der Waals surface area contributed by atoms with Gasteiger partial charge in [0.1, 0.15) is 11.6 Å². The van der Waals surface area contributed by atoms with Crippen molar-refractivity contribution in [1.82, 2.24) is 4.57 Å². The Labute approximate surface area is 228 Å². The van der Waals surface area contributed by atoms with Gasteiger partial charge in [-0.3, -0.25) is 4.79 Å². The summed E-state index contributed by atoms with van der Waals surface area (Å²) in [6.45, 7) is 2.78. The number of methoxy groups -OCH3 is 1. The van der Waals surface area contributed by atoms with Crippen LogP contribution in [0.2, 0.25) is 5.02 Å². The van der Waals surface area contributed by atoms with E-state index in [0.29, 0.717) is 28.3 Å². The Bertz CT molecular complexity index is 1570. The van der Waals surface area contributed by atoms with Crippen LogP contribution in [0.1, 0.15) is 39.7 Å². The molecule has 1 unspecified atom stereocenters. The fourth-order valence-electron chi connectivity index (χ4n) is 4.87. The molecule has 9 heteroatoms. The van der Waals surface area contributed by atoms with Crippen molar-refractivity contribution in [3.63, 3.8) is 0 Å². The third-order valence-electron chi connectivity index (χ3n) is 6.95. The summed E-state index contributed by atoms with van der Waals surface area (Å²) in [6.07, 6.45) is -4.66. The van der Waals surface area contributed by atoms with Gasteiger partial charge in [0.2, 0.25) is 0 Å². The fourth-order valence-corrected chi connectivity index (χ4v) is 5.16. The van der Waals surface area contributed by atoms with E-state index in [1.54, 1.807) is 32.0 Å². The molecule has 0 radical (unpaired) electrons. The Hall–Kier alpha value is -3.62. The van der Waals surface area contributed by atoms with Gasteiger partial charge in [-0.25, -0.2) is 4.39 Å². The molecule has 0 aliphatic heterocycles. The molecule has 1 atom stereocenters. The minimum Gasteiger partial charge on any atom is -0.495 e. The molecule has 0 fully saturated rings. The number of nitrogens with zero attached hydrogens (tertiary/aromatic N) is 1. The topological polar surface area (TPSA) is 57.2 Å². The standard InChI is InChI=1S/C30H27ClF4N2O2/c1-17-21(15-25(36)19-9-5-4-6-10-19)29(38)27(20-11-7-14-26(39-3)28(20)31)18(2)37(17)16-22-23(30(33,34)35)12-8-13-24(22)32/h4-14,25H,15-16,36H2,1-3H3. The molecule has 1 heterocycles. The van der Waals surface area contributed by atoms with Crippen molar-refractivity contribution >= 4 is 11.6 Å². The third kappa shape index (κ3) is 5.58. The normalized spacial score (nSPS) is 12.4. The van der Waals surface area contributed by atoms with E-state index in [4.69, 9.17) is 22.1 Å². The minimum absolute atomic E-state index is 0.104. The molecule has 4 nitrogen and oxygen atoms in total. The SMILES string of the molecule is COc1cccc(-c2c(C)n(Cc3c(F)cccc3C(F)(F)F)c(C)c(CC(N)c3ccccc3)c2=O)c1Cl. The number of hydrogen-bond donors (Lipinski definition) is 1. The van der Waals surface area contributed by atoms with E-state index >= 15 is 0 Å². The molecule has 4 aromatic rings. The van der Waals surface area contributed by atoms with Crippen LogP contribution in [0.15, 0.2) is 71.5 Å². The summed E-state index contributed by atoms with van der Waals surface area (Å²) in [5, 5.41) is 0.177. The van der Waals surface area contributed by atoms with Gasteiger partial charge in [0.25, 0.3) is 0 Å². The molecule has 3 aromatic carbocycles. The van der Waals surface area contributed by atoms with Crippen LogP contribution in [0.4, 0.5) is 17.6 Å². The molecule has 0 aliphatic carbocycles. The van der Waals surface area contributed by atoms with Crippen LogP contribution in [-0.2, 0) is 19.1 Å². The van der Waals surface area contributed by atoms with Gasteiger partial charge in [-0.05, 0) is 44.0 Å². The maximum Gasteiger partial charge on any atom is 0.416 e. The molecule has 0 bridgehead atoms. The molecule has 204 valence electrons. The summed E-state index contributed by atoms with van der Waals surface area (Å²) in [6, 6.07) is 16.4. The zero-order valence-corrected chi connectivity index (χ0v) is 22.3. The highest BCUT2D eigenvalue weighted by molar-refractivity contribution is 6.34. The second kappa shape index (κ2) is 11.2. The summed E-state index contributed by atoms with van der Waals surface area (Å²) in [4.78, 5) is 14.0. The van der Waals surface area contributed by atoms with Crippen molar-refractivity contribution in [3.05, 3.63) is 121 Å². The van der Waals surface area contributed by atoms with E-state index < -0.39 is 35.7 Å². The van der Waals surface area contributed by atoms with E-state index in [2.05, 4.69) is 0 Å². The van der Waals surface area contributed by atoms with Crippen LogP contribution in [0.5, 0.6) is 5.75 Å². The highest BCUT2D eigenvalue weighted by Crippen LogP contribution is 2.37. The van der Waals surface area contributed by atoms with Gasteiger partial charge >= 0.3 is 6.18 Å². The summed E-state index contributed by atoms with van der Waals surface area (Å²) >= 11 is 6.60. The highest BCUT2D eigenvalue weighted by atomic mass is 35.5. The average Bonchev–Trinajstić information content (AvgIpc) is 2.90. The lowest BCUT2D eigenvalue weighted by molar-refractivity contribution is -0.138. The predicted molar refractivity (Wildman–Crippen MR) is 145 cm³/mol. The zero-order valence-electron chi connectivity index (χ0n) is 21.6. The Morgan fingerprint density at radius 1 is 0.949 bits per heavy atom. The molecule has 39 heavy (non-hydrogen) atoms. The maximum atomic E-state index is 14.9. The number of alkyl halides is 3. The largest absolute Gasteiger partial charge is 0.495 e. The number of benzene rings is 3. The first-order valence-corrected chi connectivity index (χ1v) is 12.5. The number of halogens is 5. The lowest BCUT2D eigenvalue weighted by Crippen LogP contribution is -2.27. The van der Waals surface area contributed by atoms with Crippen molar-refractivity contribution in [2.75, 3.05) is 7.11 Å². The predicted octanol–water partition coefficient (Wildman–Crippen LogP) is 7.24. The maximum absolute atomic E-state index is 14.9. The van der Waals surface area contributed by atoms with Crippen LogP contribution in [0.25, 0.3) is 11.1 Å². The summed E-state index contributed by atoms with van der Waals surface area (Å²) < 4.78 is 63.3. The smallest absolute Gasteiger partial charge is 0.416 e. The van der Waals surface area contributed by atoms with Crippen molar-refractivity contribution < 1.29 is 22.3 Å². The van der Waals surface area contributed by atoms with Crippen molar-refractivity contribution in [2.24, 2.45) is 5.73 Å². The van der Waals surface area contributed by atoms with E-state index in [0.717, 1.165) is 23.8 Å². The second-order valence-corrected chi connectivity index (χ2v) is 9.62. The Morgan fingerprint density at radius 2 is 1.62 bits per heavy atom. The molecule has 0 aliphatic rings. The number of nitrogens with two attached hydrogens (primary N) is 1. The van der Waals surface area contributed by atoms with Gasteiger partial charge in [0, 0.05) is 34.1 Å². The zero-order chi connectivity index (χ0) is 28.5. The first-order chi connectivity index (χ1) is 18.5. The molecule has 0 amide bonds. The second-order valence-electron chi connectivity index (χ2n) is 9.25. The molecule has 4 rings (SSSR count). The third-order valence-corrected chi connectivity index (χ3v) is 7.34. The van der Waals surface area contributed by atoms with Gasteiger partial charge in [0.15, 0.2) is 5.43 Å². The first-order valence-electron chi connectivity index (χ1n) is 12.2. The first kappa shape index (κ1) is 28.4. The summed E-state index contributed by atoms with van der Waals surface area (Å²) in [5.41, 5.74) is 6.87.